The molecule has 0 saturated carbocycles. The van der Waals surface area contributed by atoms with Crippen LogP contribution in [-0.2, 0) is 13.0 Å². The first-order valence-electron chi connectivity index (χ1n) is 8.05. The highest BCUT2D eigenvalue weighted by molar-refractivity contribution is 5.52. The quantitative estimate of drug-likeness (QED) is 0.796. The highest BCUT2D eigenvalue weighted by Crippen LogP contribution is 2.23. The van der Waals surface area contributed by atoms with Crippen LogP contribution in [0.2, 0.25) is 0 Å². The zero-order chi connectivity index (χ0) is 16.2. The summed E-state index contributed by atoms with van der Waals surface area (Å²) in [6, 6.07) is 12.2. The van der Waals surface area contributed by atoms with Crippen LogP contribution < -0.4 is 10.1 Å². The van der Waals surface area contributed by atoms with Gasteiger partial charge in [0.05, 0.1) is 6.54 Å². The number of nitrogens with zero attached hydrogens (tertiary/aromatic N) is 3. The van der Waals surface area contributed by atoms with Crippen LogP contribution in [-0.4, -0.2) is 27.8 Å². The van der Waals surface area contributed by atoms with E-state index < -0.39 is 0 Å². The Labute approximate surface area is 139 Å². The molecular formula is C18H18N4O2. The Morgan fingerprint density at radius 2 is 2.00 bits per heavy atom. The van der Waals surface area contributed by atoms with Crippen molar-refractivity contribution in [1.82, 2.24) is 20.4 Å². The Hall–Kier alpha value is -2.73. The average molecular weight is 322 g/mol. The maximum atomic E-state index is 5.89. The fourth-order valence-electron chi connectivity index (χ4n) is 2.79. The maximum absolute atomic E-state index is 5.89. The van der Waals surface area contributed by atoms with Crippen molar-refractivity contribution >= 4 is 0 Å². The Morgan fingerprint density at radius 1 is 1.12 bits per heavy atom. The molecule has 2 aromatic heterocycles. The van der Waals surface area contributed by atoms with Crippen molar-refractivity contribution in [2.75, 3.05) is 6.61 Å². The lowest BCUT2D eigenvalue weighted by atomic mass is 10.1. The van der Waals surface area contributed by atoms with E-state index in [4.69, 9.17) is 9.26 Å². The largest absolute Gasteiger partial charge is 0.492 e. The first-order valence-corrected chi connectivity index (χ1v) is 8.05. The van der Waals surface area contributed by atoms with E-state index in [1.54, 1.807) is 12.4 Å². The molecule has 0 amide bonds. The predicted molar refractivity (Wildman–Crippen MR) is 88.4 cm³/mol. The van der Waals surface area contributed by atoms with Crippen LogP contribution in [0, 0.1) is 0 Å². The van der Waals surface area contributed by atoms with E-state index in [0.29, 0.717) is 24.9 Å². The van der Waals surface area contributed by atoms with Gasteiger partial charge in [0.25, 0.3) is 0 Å². The van der Waals surface area contributed by atoms with E-state index in [1.165, 1.54) is 5.56 Å². The van der Waals surface area contributed by atoms with E-state index in [0.717, 1.165) is 24.2 Å². The van der Waals surface area contributed by atoms with E-state index in [1.807, 2.05) is 24.3 Å². The minimum absolute atomic E-state index is 0.258. The molecule has 0 aliphatic carbocycles. The molecule has 4 rings (SSSR count). The average Bonchev–Trinajstić information content (AvgIpc) is 3.02. The molecule has 6 heteroatoms. The molecule has 122 valence electrons. The molecule has 1 aliphatic heterocycles. The van der Waals surface area contributed by atoms with Gasteiger partial charge in [-0.25, -0.2) is 0 Å². The molecule has 1 atom stereocenters. The van der Waals surface area contributed by atoms with Crippen LogP contribution in [0.15, 0.2) is 53.3 Å². The van der Waals surface area contributed by atoms with Gasteiger partial charge in [-0.2, -0.15) is 4.98 Å². The second kappa shape index (κ2) is 6.80. The van der Waals surface area contributed by atoms with Gasteiger partial charge in [-0.1, -0.05) is 23.4 Å². The highest BCUT2D eigenvalue weighted by atomic mass is 16.5. The normalized spacial score (nSPS) is 16.9. The predicted octanol–water partition coefficient (Wildman–Crippen LogP) is 2.62. The fourth-order valence-corrected chi connectivity index (χ4v) is 2.79. The summed E-state index contributed by atoms with van der Waals surface area (Å²) in [5.41, 5.74) is 2.16. The van der Waals surface area contributed by atoms with Crippen molar-refractivity contribution in [3.63, 3.8) is 0 Å². The molecule has 24 heavy (non-hydrogen) atoms. The molecule has 6 nitrogen and oxygen atoms in total. The lowest BCUT2D eigenvalue weighted by Crippen LogP contribution is -2.33. The topological polar surface area (TPSA) is 73.1 Å². The molecular weight excluding hydrogens is 304 g/mol. The van der Waals surface area contributed by atoms with Crippen molar-refractivity contribution < 1.29 is 9.26 Å². The number of nitrogens with one attached hydrogen (secondary N) is 1. The van der Waals surface area contributed by atoms with Gasteiger partial charge in [0, 0.05) is 24.0 Å². The number of hydrogen-bond donors (Lipinski definition) is 1. The zero-order valence-electron chi connectivity index (χ0n) is 13.2. The molecule has 0 radical (unpaired) electrons. The summed E-state index contributed by atoms with van der Waals surface area (Å²) >= 11 is 0. The first kappa shape index (κ1) is 14.8. The highest BCUT2D eigenvalue weighted by Gasteiger charge is 2.17. The van der Waals surface area contributed by atoms with Gasteiger partial charge < -0.3 is 14.6 Å². The van der Waals surface area contributed by atoms with Crippen molar-refractivity contribution in [3.05, 3.63) is 60.2 Å². The fraction of sp³-hybridized carbons (Fsp3) is 0.278. The van der Waals surface area contributed by atoms with Gasteiger partial charge in [-0.15, -0.1) is 0 Å². The van der Waals surface area contributed by atoms with Crippen molar-refractivity contribution in [2.45, 2.75) is 25.4 Å². The number of aryl methyl sites for hydroxylation is 1. The van der Waals surface area contributed by atoms with Gasteiger partial charge in [-0.3, -0.25) is 4.98 Å². The molecule has 0 fully saturated rings. The van der Waals surface area contributed by atoms with Crippen LogP contribution in [0.25, 0.3) is 11.4 Å². The molecule has 1 N–H and O–H groups in total. The summed E-state index contributed by atoms with van der Waals surface area (Å²) in [7, 11) is 0. The second-order valence-corrected chi connectivity index (χ2v) is 5.78. The van der Waals surface area contributed by atoms with Crippen LogP contribution in [0.5, 0.6) is 5.75 Å². The Morgan fingerprint density at radius 3 is 2.92 bits per heavy atom. The summed E-state index contributed by atoms with van der Waals surface area (Å²) < 4.78 is 11.2. The summed E-state index contributed by atoms with van der Waals surface area (Å²) in [6.07, 6.45) is 5.44. The van der Waals surface area contributed by atoms with E-state index in [2.05, 4.69) is 32.6 Å². The van der Waals surface area contributed by atoms with Gasteiger partial charge in [0.15, 0.2) is 0 Å². The van der Waals surface area contributed by atoms with Gasteiger partial charge >= 0.3 is 0 Å². The number of para-hydroxylation sites is 1. The third-order valence-corrected chi connectivity index (χ3v) is 4.12. The number of benzene rings is 1. The summed E-state index contributed by atoms with van der Waals surface area (Å²) in [6.45, 7) is 1.17. The standard InChI is InChI=1S/C18H18N4O2/c1-2-4-16-13(3-1)5-6-15(12-23-16)20-11-17-21-18(22-24-17)14-7-9-19-10-8-14/h1-4,7-10,15,20H,5-6,11-12H2. The third kappa shape index (κ3) is 3.28. The zero-order valence-corrected chi connectivity index (χ0v) is 13.2. The van der Waals surface area contributed by atoms with Crippen LogP contribution in [0.3, 0.4) is 0 Å². The van der Waals surface area contributed by atoms with Crippen molar-refractivity contribution in [3.8, 4) is 17.1 Å². The van der Waals surface area contributed by atoms with Crippen LogP contribution in [0.1, 0.15) is 17.9 Å². The number of aromatic nitrogens is 3. The second-order valence-electron chi connectivity index (χ2n) is 5.78. The maximum Gasteiger partial charge on any atom is 0.240 e. The minimum Gasteiger partial charge on any atom is -0.492 e. The Bertz CT molecular complexity index is 777. The summed E-state index contributed by atoms with van der Waals surface area (Å²) in [5, 5.41) is 7.46. The molecule has 0 bridgehead atoms. The molecule has 1 aliphatic rings. The molecule has 0 spiro atoms. The monoisotopic (exact) mass is 322 g/mol. The van der Waals surface area contributed by atoms with Gasteiger partial charge in [0.1, 0.15) is 12.4 Å². The minimum atomic E-state index is 0.258. The summed E-state index contributed by atoms with van der Waals surface area (Å²) in [4.78, 5) is 8.41. The third-order valence-electron chi connectivity index (χ3n) is 4.12. The molecule has 1 aromatic carbocycles. The van der Waals surface area contributed by atoms with E-state index in [9.17, 15) is 0 Å². The molecule has 3 aromatic rings. The number of fused-ring (bicyclic) bond motifs is 1. The van der Waals surface area contributed by atoms with E-state index >= 15 is 0 Å². The van der Waals surface area contributed by atoms with Crippen LogP contribution >= 0.6 is 0 Å². The van der Waals surface area contributed by atoms with Crippen molar-refractivity contribution in [1.29, 1.82) is 0 Å². The first-order chi connectivity index (χ1) is 11.9. The molecule has 3 heterocycles. The van der Waals surface area contributed by atoms with Crippen molar-refractivity contribution in [2.24, 2.45) is 0 Å². The molecule has 0 saturated heterocycles. The smallest absolute Gasteiger partial charge is 0.240 e. The van der Waals surface area contributed by atoms with Crippen LogP contribution in [0.4, 0.5) is 0 Å². The Kier molecular flexibility index (Phi) is 4.20. The van der Waals surface area contributed by atoms with Gasteiger partial charge in [0.2, 0.25) is 11.7 Å². The molecule has 1 unspecified atom stereocenters. The van der Waals surface area contributed by atoms with E-state index in [-0.39, 0.29) is 6.04 Å². The number of rotatable bonds is 4. The lowest BCUT2D eigenvalue weighted by Gasteiger charge is -2.14. The number of hydrogen-bond acceptors (Lipinski definition) is 6. The SMILES string of the molecule is c1ccc2c(c1)CCC(NCc1nc(-c3ccncc3)no1)CO2. The van der Waals surface area contributed by atoms with Gasteiger partial charge in [-0.05, 0) is 36.6 Å². The lowest BCUT2D eigenvalue weighted by molar-refractivity contribution is 0.259. The number of pyridine rings is 1. The summed E-state index contributed by atoms with van der Waals surface area (Å²) in [5.74, 6) is 2.14. The Balaban J connectivity index is 1.35. The number of ether oxygens (including phenoxy) is 1.